The molecule has 5 heteroatoms. The third-order valence-corrected chi connectivity index (χ3v) is 4.66. The molecule has 0 spiro atoms. The topological polar surface area (TPSA) is 35.0 Å². The van der Waals surface area contributed by atoms with Gasteiger partial charge in [-0.25, -0.2) is 9.97 Å². The van der Waals surface area contributed by atoms with Crippen molar-refractivity contribution in [3.8, 4) is 0 Å². The van der Waals surface area contributed by atoms with Gasteiger partial charge in [0.25, 0.3) is 0 Å². The SMILES string of the molecule is COC(c1nc(Cl)c(Br)c(C2CC2)n1)C1CC1. The van der Waals surface area contributed by atoms with E-state index in [-0.39, 0.29) is 6.10 Å². The van der Waals surface area contributed by atoms with E-state index in [4.69, 9.17) is 16.3 Å². The van der Waals surface area contributed by atoms with Crippen LogP contribution in [0.1, 0.15) is 49.2 Å². The minimum absolute atomic E-state index is 0.0121. The third-order valence-electron chi connectivity index (χ3n) is 3.38. The van der Waals surface area contributed by atoms with E-state index in [1.54, 1.807) is 7.11 Å². The summed E-state index contributed by atoms with van der Waals surface area (Å²) >= 11 is 9.64. The van der Waals surface area contributed by atoms with Crippen LogP contribution in [0.2, 0.25) is 5.15 Å². The first-order chi connectivity index (χ1) is 8.20. The number of hydrogen-bond acceptors (Lipinski definition) is 3. The van der Waals surface area contributed by atoms with Crippen LogP contribution in [0.5, 0.6) is 0 Å². The summed E-state index contributed by atoms with van der Waals surface area (Å²) in [6.07, 6.45) is 4.82. The van der Waals surface area contributed by atoms with Gasteiger partial charge in [0.1, 0.15) is 11.3 Å². The number of rotatable bonds is 4. The summed E-state index contributed by atoms with van der Waals surface area (Å²) in [6, 6.07) is 0. The first-order valence-electron chi connectivity index (χ1n) is 5.96. The van der Waals surface area contributed by atoms with Crippen LogP contribution in [0.4, 0.5) is 0 Å². The van der Waals surface area contributed by atoms with E-state index in [0.717, 1.165) is 16.0 Å². The smallest absolute Gasteiger partial charge is 0.159 e. The van der Waals surface area contributed by atoms with Gasteiger partial charge in [0.05, 0.1) is 10.2 Å². The van der Waals surface area contributed by atoms with Crippen molar-refractivity contribution >= 4 is 27.5 Å². The molecule has 2 saturated carbocycles. The van der Waals surface area contributed by atoms with E-state index in [2.05, 4.69) is 25.9 Å². The molecule has 0 radical (unpaired) electrons. The molecule has 2 aliphatic rings. The Morgan fingerprint density at radius 1 is 1.29 bits per heavy atom. The van der Waals surface area contributed by atoms with Crippen molar-refractivity contribution in [3.05, 3.63) is 21.1 Å². The van der Waals surface area contributed by atoms with Gasteiger partial charge < -0.3 is 4.74 Å². The molecule has 17 heavy (non-hydrogen) atoms. The molecule has 3 nitrogen and oxygen atoms in total. The summed E-state index contributed by atoms with van der Waals surface area (Å²) < 4.78 is 6.37. The lowest BCUT2D eigenvalue weighted by Gasteiger charge is -2.15. The third kappa shape index (κ3) is 2.35. The largest absolute Gasteiger partial charge is 0.373 e. The van der Waals surface area contributed by atoms with Crippen LogP contribution in [0.15, 0.2) is 4.47 Å². The summed E-state index contributed by atoms with van der Waals surface area (Å²) in [5, 5.41) is 0.514. The molecule has 0 aromatic carbocycles. The normalized spacial score (nSPS) is 21.6. The number of hydrogen-bond donors (Lipinski definition) is 0. The van der Waals surface area contributed by atoms with Crippen LogP contribution in [0.3, 0.4) is 0 Å². The molecule has 0 bridgehead atoms. The molecule has 1 aromatic heterocycles. The quantitative estimate of drug-likeness (QED) is 0.791. The summed E-state index contributed by atoms with van der Waals surface area (Å²) in [5.74, 6) is 1.88. The minimum Gasteiger partial charge on any atom is -0.373 e. The predicted molar refractivity (Wildman–Crippen MR) is 69.2 cm³/mol. The Morgan fingerprint density at radius 2 is 2.00 bits per heavy atom. The van der Waals surface area contributed by atoms with Gasteiger partial charge in [-0.3, -0.25) is 0 Å². The van der Waals surface area contributed by atoms with E-state index in [0.29, 0.717) is 17.0 Å². The number of ether oxygens (including phenoxy) is 1. The van der Waals surface area contributed by atoms with Crippen LogP contribution >= 0.6 is 27.5 Å². The highest BCUT2D eigenvalue weighted by Gasteiger charge is 2.36. The van der Waals surface area contributed by atoms with E-state index < -0.39 is 0 Å². The second-order valence-corrected chi connectivity index (χ2v) is 5.99. The molecule has 92 valence electrons. The zero-order chi connectivity index (χ0) is 12.0. The highest BCUT2D eigenvalue weighted by Crippen LogP contribution is 2.46. The zero-order valence-electron chi connectivity index (χ0n) is 9.62. The molecular formula is C12H14BrClN2O. The molecule has 3 rings (SSSR count). The van der Waals surface area contributed by atoms with Gasteiger partial charge in [-0.1, -0.05) is 11.6 Å². The van der Waals surface area contributed by atoms with Crippen LogP contribution in [0, 0.1) is 5.92 Å². The number of nitrogens with zero attached hydrogens (tertiary/aromatic N) is 2. The van der Waals surface area contributed by atoms with Gasteiger partial charge in [-0.05, 0) is 47.5 Å². The fourth-order valence-corrected chi connectivity index (χ4v) is 2.80. The molecule has 1 unspecified atom stereocenters. The van der Waals surface area contributed by atoms with E-state index in [1.165, 1.54) is 25.7 Å². The highest BCUT2D eigenvalue weighted by atomic mass is 79.9. The molecular weight excluding hydrogens is 304 g/mol. The molecule has 1 aromatic rings. The van der Waals surface area contributed by atoms with Crippen LogP contribution in [-0.2, 0) is 4.74 Å². The van der Waals surface area contributed by atoms with Crippen molar-refractivity contribution < 1.29 is 4.74 Å². The number of aromatic nitrogens is 2. The Labute approximate surface area is 114 Å². The number of halogens is 2. The Morgan fingerprint density at radius 3 is 2.53 bits per heavy atom. The molecule has 0 N–H and O–H groups in total. The van der Waals surface area contributed by atoms with Gasteiger partial charge >= 0.3 is 0 Å². The maximum Gasteiger partial charge on any atom is 0.159 e. The fourth-order valence-electron chi connectivity index (χ4n) is 2.11. The van der Waals surface area contributed by atoms with E-state index >= 15 is 0 Å². The first kappa shape index (κ1) is 11.9. The molecule has 0 amide bonds. The Hall–Kier alpha value is -0.190. The molecule has 0 aliphatic heterocycles. The van der Waals surface area contributed by atoms with Crippen molar-refractivity contribution in [2.45, 2.75) is 37.7 Å². The van der Waals surface area contributed by atoms with Gasteiger partial charge in [0, 0.05) is 13.0 Å². The van der Waals surface area contributed by atoms with Gasteiger partial charge in [-0.15, -0.1) is 0 Å². The van der Waals surface area contributed by atoms with Crippen molar-refractivity contribution in [3.63, 3.8) is 0 Å². The van der Waals surface area contributed by atoms with E-state index in [9.17, 15) is 0 Å². The Balaban J connectivity index is 1.98. The molecule has 2 aliphatic carbocycles. The lowest BCUT2D eigenvalue weighted by molar-refractivity contribution is 0.0770. The van der Waals surface area contributed by atoms with Crippen molar-refractivity contribution in [1.82, 2.24) is 9.97 Å². The summed E-state index contributed by atoms with van der Waals surface area (Å²) in [7, 11) is 1.72. The number of methoxy groups -OCH3 is 1. The van der Waals surface area contributed by atoms with Crippen LogP contribution in [-0.4, -0.2) is 17.1 Å². The summed E-state index contributed by atoms with van der Waals surface area (Å²) in [5.41, 5.74) is 1.06. The van der Waals surface area contributed by atoms with Crippen molar-refractivity contribution in [2.24, 2.45) is 5.92 Å². The average molecular weight is 318 g/mol. The van der Waals surface area contributed by atoms with Crippen LogP contribution in [0.25, 0.3) is 0 Å². The minimum atomic E-state index is 0.0121. The highest BCUT2D eigenvalue weighted by molar-refractivity contribution is 9.10. The zero-order valence-corrected chi connectivity index (χ0v) is 12.0. The maximum absolute atomic E-state index is 6.16. The second-order valence-electron chi connectivity index (χ2n) is 4.84. The lowest BCUT2D eigenvalue weighted by atomic mass is 10.2. The molecule has 1 atom stereocenters. The Kier molecular flexibility index (Phi) is 3.13. The molecule has 1 heterocycles. The van der Waals surface area contributed by atoms with Gasteiger partial charge in [-0.2, -0.15) is 0 Å². The summed E-state index contributed by atoms with van der Waals surface area (Å²) in [4.78, 5) is 9.02. The van der Waals surface area contributed by atoms with Crippen LogP contribution < -0.4 is 0 Å². The predicted octanol–water partition coefficient (Wildman–Crippen LogP) is 3.87. The molecule has 0 saturated heterocycles. The van der Waals surface area contributed by atoms with Crippen molar-refractivity contribution in [2.75, 3.05) is 7.11 Å². The van der Waals surface area contributed by atoms with Gasteiger partial charge in [0.2, 0.25) is 0 Å². The van der Waals surface area contributed by atoms with E-state index in [1.807, 2.05) is 0 Å². The monoisotopic (exact) mass is 316 g/mol. The first-order valence-corrected chi connectivity index (χ1v) is 7.13. The van der Waals surface area contributed by atoms with Gasteiger partial charge in [0.15, 0.2) is 5.82 Å². The maximum atomic E-state index is 6.16. The van der Waals surface area contributed by atoms with Crippen molar-refractivity contribution in [1.29, 1.82) is 0 Å². The lowest BCUT2D eigenvalue weighted by Crippen LogP contribution is -2.11. The fraction of sp³-hybridized carbons (Fsp3) is 0.667. The Bertz CT molecular complexity index is 446. The average Bonchev–Trinajstić information content (AvgIpc) is 3.15. The molecule has 2 fully saturated rings. The standard InChI is InChI=1S/C12H14BrClN2O/c1-17-10(7-4-5-7)12-15-9(6-2-3-6)8(13)11(14)16-12/h6-7,10H,2-5H2,1H3. The second kappa shape index (κ2) is 4.48. The summed E-state index contributed by atoms with van der Waals surface area (Å²) in [6.45, 7) is 0.